The van der Waals surface area contributed by atoms with Gasteiger partial charge in [-0.3, -0.25) is 4.79 Å². The predicted octanol–water partition coefficient (Wildman–Crippen LogP) is 4.75. The zero-order valence-electron chi connectivity index (χ0n) is 18.0. The van der Waals surface area contributed by atoms with Crippen LogP contribution in [0.1, 0.15) is 19.4 Å². The van der Waals surface area contributed by atoms with Gasteiger partial charge >= 0.3 is 0 Å². The third-order valence-corrected chi connectivity index (χ3v) is 5.24. The molecule has 0 fully saturated rings. The van der Waals surface area contributed by atoms with Crippen LogP contribution in [0.3, 0.4) is 0 Å². The topological polar surface area (TPSA) is 50.8 Å². The van der Waals surface area contributed by atoms with Crippen LogP contribution in [0, 0.1) is 0 Å². The number of rotatable bonds is 10. The Labute approximate surface area is 178 Å². The first-order valence-electron chi connectivity index (χ1n) is 10.4. The van der Waals surface area contributed by atoms with Gasteiger partial charge in [-0.1, -0.05) is 56.3 Å². The molecule has 0 aliphatic carbocycles. The molecule has 0 unspecified atom stereocenters. The first-order valence-corrected chi connectivity index (χ1v) is 10.4. The van der Waals surface area contributed by atoms with Gasteiger partial charge in [-0.2, -0.15) is 0 Å². The average molecular weight is 407 g/mol. The van der Waals surface area contributed by atoms with Gasteiger partial charge in [0.25, 0.3) is 0 Å². The van der Waals surface area contributed by atoms with Crippen LogP contribution in [-0.2, 0) is 11.2 Å². The van der Waals surface area contributed by atoms with E-state index < -0.39 is 0 Å². The Bertz CT molecular complexity index is 978. The van der Waals surface area contributed by atoms with E-state index in [2.05, 4.69) is 36.2 Å². The summed E-state index contributed by atoms with van der Waals surface area (Å²) in [4.78, 5) is 15.0. The summed E-state index contributed by atoms with van der Waals surface area (Å²) >= 11 is 0. The van der Waals surface area contributed by atoms with Crippen LogP contribution in [0.15, 0.2) is 60.7 Å². The standard InChI is InChI=1S/C25H30N2O3/c1-4-27(5-2)15-16-30-24-18-21(13-14-23(24)29-3)26-25(28)17-20-11-8-10-19-9-6-7-12-22(19)20/h6-14,18H,4-5,15-17H2,1-3H3,(H,26,28). The summed E-state index contributed by atoms with van der Waals surface area (Å²) in [5, 5.41) is 5.22. The Hall–Kier alpha value is -3.05. The third kappa shape index (κ3) is 5.51. The zero-order chi connectivity index (χ0) is 21.3. The van der Waals surface area contributed by atoms with Crippen LogP contribution in [0.4, 0.5) is 5.69 Å². The lowest BCUT2D eigenvalue weighted by molar-refractivity contribution is -0.115. The molecule has 0 spiro atoms. The second-order valence-corrected chi connectivity index (χ2v) is 7.10. The molecule has 5 heteroatoms. The molecule has 3 aromatic rings. The molecule has 30 heavy (non-hydrogen) atoms. The summed E-state index contributed by atoms with van der Waals surface area (Å²) in [5.41, 5.74) is 1.70. The fourth-order valence-electron chi connectivity index (χ4n) is 3.52. The van der Waals surface area contributed by atoms with Gasteiger partial charge in [0.1, 0.15) is 6.61 Å². The number of carbonyl (C=O) groups excluding carboxylic acids is 1. The summed E-state index contributed by atoms with van der Waals surface area (Å²) in [6.07, 6.45) is 0.311. The smallest absolute Gasteiger partial charge is 0.228 e. The second kappa shape index (κ2) is 10.6. The van der Waals surface area contributed by atoms with Gasteiger partial charge in [0.15, 0.2) is 11.5 Å². The lowest BCUT2D eigenvalue weighted by Crippen LogP contribution is -2.28. The first kappa shape index (κ1) is 21.7. The van der Waals surface area contributed by atoms with Gasteiger partial charge in [0, 0.05) is 18.3 Å². The van der Waals surface area contributed by atoms with E-state index in [1.807, 2.05) is 48.5 Å². The van der Waals surface area contributed by atoms with Crippen LogP contribution in [-0.4, -0.2) is 44.2 Å². The molecular weight excluding hydrogens is 376 g/mol. The molecule has 1 N–H and O–H groups in total. The summed E-state index contributed by atoms with van der Waals surface area (Å²) < 4.78 is 11.4. The van der Waals surface area contributed by atoms with Gasteiger partial charge in [-0.25, -0.2) is 0 Å². The fraction of sp³-hybridized carbons (Fsp3) is 0.320. The van der Waals surface area contributed by atoms with E-state index in [4.69, 9.17) is 9.47 Å². The number of anilines is 1. The number of carbonyl (C=O) groups is 1. The zero-order valence-corrected chi connectivity index (χ0v) is 18.0. The van der Waals surface area contributed by atoms with E-state index in [1.165, 1.54) is 0 Å². The minimum Gasteiger partial charge on any atom is -0.493 e. The van der Waals surface area contributed by atoms with Crippen molar-refractivity contribution in [3.63, 3.8) is 0 Å². The Balaban J connectivity index is 1.67. The maximum absolute atomic E-state index is 12.7. The minimum atomic E-state index is -0.0642. The molecule has 0 heterocycles. The Morgan fingerprint density at radius 3 is 2.50 bits per heavy atom. The monoisotopic (exact) mass is 406 g/mol. The lowest BCUT2D eigenvalue weighted by Gasteiger charge is -2.19. The van der Waals surface area contributed by atoms with Gasteiger partial charge in [0.2, 0.25) is 5.91 Å². The first-order chi connectivity index (χ1) is 14.6. The van der Waals surface area contributed by atoms with Gasteiger partial charge in [-0.15, -0.1) is 0 Å². The number of amides is 1. The van der Waals surface area contributed by atoms with Crippen LogP contribution in [0.2, 0.25) is 0 Å². The average Bonchev–Trinajstić information content (AvgIpc) is 2.77. The minimum absolute atomic E-state index is 0.0642. The summed E-state index contributed by atoms with van der Waals surface area (Å²) in [6.45, 7) is 7.65. The van der Waals surface area contributed by atoms with Crippen molar-refractivity contribution in [1.82, 2.24) is 4.90 Å². The van der Waals surface area contributed by atoms with Crippen molar-refractivity contribution < 1.29 is 14.3 Å². The van der Waals surface area contributed by atoms with Crippen molar-refractivity contribution >= 4 is 22.4 Å². The van der Waals surface area contributed by atoms with E-state index >= 15 is 0 Å². The van der Waals surface area contributed by atoms with E-state index in [9.17, 15) is 4.79 Å². The fourth-order valence-corrected chi connectivity index (χ4v) is 3.52. The van der Waals surface area contributed by atoms with Crippen molar-refractivity contribution in [2.45, 2.75) is 20.3 Å². The summed E-state index contributed by atoms with van der Waals surface area (Å²) in [5.74, 6) is 1.22. The number of hydrogen-bond acceptors (Lipinski definition) is 4. The van der Waals surface area contributed by atoms with Crippen molar-refractivity contribution in [2.75, 3.05) is 38.7 Å². The quantitative estimate of drug-likeness (QED) is 0.528. The molecule has 5 nitrogen and oxygen atoms in total. The molecule has 0 bridgehead atoms. The van der Waals surface area contributed by atoms with Gasteiger partial charge in [0.05, 0.1) is 13.5 Å². The van der Waals surface area contributed by atoms with Crippen molar-refractivity contribution in [3.05, 3.63) is 66.2 Å². The highest BCUT2D eigenvalue weighted by atomic mass is 16.5. The maximum atomic E-state index is 12.7. The van der Waals surface area contributed by atoms with E-state index in [-0.39, 0.29) is 5.91 Å². The third-order valence-electron chi connectivity index (χ3n) is 5.24. The maximum Gasteiger partial charge on any atom is 0.228 e. The van der Waals surface area contributed by atoms with Crippen LogP contribution < -0.4 is 14.8 Å². The molecule has 0 aromatic heterocycles. The van der Waals surface area contributed by atoms with Crippen molar-refractivity contribution in [1.29, 1.82) is 0 Å². The molecule has 0 saturated carbocycles. The number of hydrogen-bond donors (Lipinski definition) is 1. The number of ether oxygens (including phenoxy) is 2. The van der Waals surface area contributed by atoms with Crippen molar-refractivity contribution in [2.24, 2.45) is 0 Å². The largest absolute Gasteiger partial charge is 0.493 e. The van der Waals surface area contributed by atoms with Crippen molar-refractivity contribution in [3.8, 4) is 11.5 Å². The summed E-state index contributed by atoms with van der Waals surface area (Å²) in [7, 11) is 1.62. The molecular formula is C25H30N2O3. The Morgan fingerprint density at radius 2 is 1.73 bits per heavy atom. The molecule has 0 radical (unpaired) electrons. The molecule has 1 amide bonds. The van der Waals surface area contributed by atoms with E-state index in [0.29, 0.717) is 30.2 Å². The molecule has 0 saturated heterocycles. The molecule has 158 valence electrons. The number of benzene rings is 3. The Kier molecular flexibility index (Phi) is 7.69. The second-order valence-electron chi connectivity index (χ2n) is 7.10. The van der Waals surface area contributed by atoms with E-state index in [1.54, 1.807) is 7.11 Å². The molecule has 3 aromatic carbocycles. The number of fused-ring (bicyclic) bond motifs is 1. The number of methoxy groups -OCH3 is 1. The number of nitrogens with zero attached hydrogens (tertiary/aromatic N) is 1. The predicted molar refractivity (Wildman–Crippen MR) is 123 cm³/mol. The van der Waals surface area contributed by atoms with Crippen LogP contribution in [0.5, 0.6) is 11.5 Å². The van der Waals surface area contributed by atoms with Crippen LogP contribution >= 0.6 is 0 Å². The number of nitrogens with one attached hydrogen (secondary N) is 1. The normalized spacial score (nSPS) is 10.9. The molecule has 0 atom stereocenters. The summed E-state index contributed by atoms with van der Waals surface area (Å²) in [6, 6.07) is 19.6. The van der Waals surface area contributed by atoms with E-state index in [0.717, 1.165) is 36.0 Å². The lowest BCUT2D eigenvalue weighted by atomic mass is 10.0. The Morgan fingerprint density at radius 1 is 0.967 bits per heavy atom. The van der Waals surface area contributed by atoms with Crippen LogP contribution in [0.25, 0.3) is 10.8 Å². The SMILES string of the molecule is CCN(CC)CCOc1cc(NC(=O)Cc2cccc3ccccc23)ccc1OC. The molecule has 0 aliphatic heterocycles. The number of likely N-dealkylation sites (N-methyl/N-ethyl adjacent to an activating group) is 1. The highest BCUT2D eigenvalue weighted by Crippen LogP contribution is 2.30. The van der Waals surface area contributed by atoms with Gasteiger partial charge < -0.3 is 19.7 Å². The molecule has 0 aliphatic rings. The van der Waals surface area contributed by atoms with Gasteiger partial charge in [-0.05, 0) is 41.6 Å². The highest BCUT2D eigenvalue weighted by molar-refractivity contribution is 5.96. The highest BCUT2D eigenvalue weighted by Gasteiger charge is 2.11. The molecule has 3 rings (SSSR count).